The quantitative estimate of drug-likeness (QED) is 0.911. The fourth-order valence-electron chi connectivity index (χ4n) is 2.80. The van der Waals surface area contributed by atoms with Gasteiger partial charge in [-0.05, 0) is 53.3 Å². The van der Waals surface area contributed by atoms with E-state index in [0.29, 0.717) is 0 Å². The van der Waals surface area contributed by atoms with Crippen molar-refractivity contribution in [3.8, 4) is 0 Å². The van der Waals surface area contributed by atoms with E-state index in [1.165, 1.54) is 16.7 Å². The molecule has 4 heteroatoms. The molecule has 2 heterocycles. The minimum atomic E-state index is -0.121. The van der Waals surface area contributed by atoms with Gasteiger partial charge in [0, 0.05) is 12.6 Å². The van der Waals surface area contributed by atoms with Crippen LogP contribution >= 0.6 is 11.3 Å². The lowest BCUT2D eigenvalue weighted by Gasteiger charge is -2.26. The van der Waals surface area contributed by atoms with Gasteiger partial charge in [0.2, 0.25) is 5.91 Å². The molecule has 3 nitrogen and oxygen atoms in total. The second kappa shape index (κ2) is 6.41. The molecule has 2 atom stereocenters. The molecule has 21 heavy (non-hydrogen) atoms. The van der Waals surface area contributed by atoms with Crippen molar-refractivity contribution in [1.82, 2.24) is 10.6 Å². The minimum absolute atomic E-state index is 0.104. The molecule has 1 amide bonds. The third-order valence-corrected chi connectivity index (χ3v) is 4.64. The van der Waals surface area contributed by atoms with Gasteiger partial charge in [-0.3, -0.25) is 4.79 Å². The smallest absolute Gasteiger partial charge is 0.237 e. The summed E-state index contributed by atoms with van der Waals surface area (Å²) in [4.78, 5) is 12.4. The van der Waals surface area contributed by atoms with E-state index in [4.69, 9.17) is 0 Å². The summed E-state index contributed by atoms with van der Waals surface area (Å²) in [5.74, 6) is 0.104. The molecule has 110 valence electrons. The zero-order valence-electron chi connectivity index (χ0n) is 12.1. The van der Waals surface area contributed by atoms with Gasteiger partial charge in [0.05, 0.1) is 6.04 Å². The van der Waals surface area contributed by atoms with E-state index in [9.17, 15) is 4.79 Å². The lowest BCUT2D eigenvalue weighted by Crippen LogP contribution is -2.50. The molecular weight excluding hydrogens is 280 g/mol. The number of nitrogens with one attached hydrogen (secondary N) is 2. The van der Waals surface area contributed by atoms with Crippen molar-refractivity contribution >= 4 is 17.2 Å². The molecule has 1 unspecified atom stereocenters. The van der Waals surface area contributed by atoms with E-state index in [1.54, 1.807) is 11.3 Å². The molecule has 1 aromatic heterocycles. The largest absolute Gasteiger partial charge is 0.352 e. The number of fused-ring (bicyclic) bond motifs is 1. The molecule has 2 aromatic rings. The fourth-order valence-corrected chi connectivity index (χ4v) is 3.48. The van der Waals surface area contributed by atoms with E-state index in [1.807, 2.05) is 12.1 Å². The van der Waals surface area contributed by atoms with E-state index in [-0.39, 0.29) is 18.0 Å². The Hall–Kier alpha value is -1.65. The number of amides is 1. The van der Waals surface area contributed by atoms with Gasteiger partial charge < -0.3 is 10.6 Å². The Morgan fingerprint density at radius 2 is 2.19 bits per heavy atom. The highest BCUT2D eigenvalue weighted by atomic mass is 32.1. The maximum absolute atomic E-state index is 12.4. The van der Waals surface area contributed by atoms with Gasteiger partial charge in [0.15, 0.2) is 0 Å². The monoisotopic (exact) mass is 300 g/mol. The number of hydrogen-bond donors (Lipinski definition) is 2. The summed E-state index contributed by atoms with van der Waals surface area (Å²) in [5, 5.41) is 10.7. The molecule has 0 bridgehead atoms. The maximum atomic E-state index is 12.4. The molecule has 0 saturated heterocycles. The average molecular weight is 300 g/mol. The van der Waals surface area contributed by atoms with E-state index < -0.39 is 0 Å². The van der Waals surface area contributed by atoms with Gasteiger partial charge in [0.1, 0.15) is 0 Å². The third-order valence-electron chi connectivity index (χ3n) is 3.91. The number of carbonyl (C=O) groups excluding carboxylic acids is 1. The van der Waals surface area contributed by atoms with Gasteiger partial charge >= 0.3 is 0 Å². The van der Waals surface area contributed by atoms with Gasteiger partial charge in [0.25, 0.3) is 0 Å². The van der Waals surface area contributed by atoms with E-state index >= 15 is 0 Å². The summed E-state index contributed by atoms with van der Waals surface area (Å²) in [6.07, 6.45) is 1.66. The highest BCUT2D eigenvalue weighted by Gasteiger charge is 2.24. The first-order valence-electron chi connectivity index (χ1n) is 7.34. The number of rotatable bonds is 4. The number of hydrogen-bond acceptors (Lipinski definition) is 3. The molecule has 0 radical (unpaired) electrons. The molecular formula is C17H20N2OS. The highest BCUT2D eigenvalue weighted by molar-refractivity contribution is 7.07. The topological polar surface area (TPSA) is 41.1 Å². The number of benzene rings is 1. The van der Waals surface area contributed by atoms with Crippen molar-refractivity contribution in [1.29, 1.82) is 0 Å². The van der Waals surface area contributed by atoms with Crippen LogP contribution in [0.5, 0.6) is 0 Å². The Kier molecular flexibility index (Phi) is 4.36. The van der Waals surface area contributed by atoms with Crippen LogP contribution in [0.2, 0.25) is 0 Å². The third kappa shape index (κ3) is 3.52. The van der Waals surface area contributed by atoms with Gasteiger partial charge in [-0.1, -0.05) is 24.3 Å². The lowest BCUT2D eigenvalue weighted by molar-refractivity contribution is -0.123. The van der Waals surface area contributed by atoms with Gasteiger partial charge in [-0.2, -0.15) is 11.3 Å². The summed E-state index contributed by atoms with van der Waals surface area (Å²) in [5.41, 5.74) is 3.87. The van der Waals surface area contributed by atoms with Crippen LogP contribution in [-0.4, -0.2) is 18.0 Å². The Labute approximate surface area is 129 Å². The fraction of sp³-hybridized carbons (Fsp3) is 0.353. The second-order valence-electron chi connectivity index (χ2n) is 5.65. The summed E-state index contributed by atoms with van der Waals surface area (Å²) >= 11 is 1.70. The predicted molar refractivity (Wildman–Crippen MR) is 86.4 cm³/mol. The molecule has 0 saturated carbocycles. The second-order valence-corrected chi connectivity index (χ2v) is 6.43. The molecule has 1 aromatic carbocycles. The van der Waals surface area contributed by atoms with Crippen molar-refractivity contribution < 1.29 is 4.79 Å². The van der Waals surface area contributed by atoms with Crippen molar-refractivity contribution in [3.63, 3.8) is 0 Å². The number of carbonyl (C=O) groups is 1. The molecule has 1 aliphatic heterocycles. The van der Waals surface area contributed by atoms with Gasteiger partial charge in [-0.15, -0.1) is 0 Å². The average Bonchev–Trinajstić information content (AvgIpc) is 2.99. The van der Waals surface area contributed by atoms with Crippen LogP contribution in [0.4, 0.5) is 0 Å². The molecule has 1 aliphatic rings. The van der Waals surface area contributed by atoms with Crippen molar-refractivity contribution in [2.75, 3.05) is 0 Å². The highest BCUT2D eigenvalue weighted by Crippen LogP contribution is 2.16. The van der Waals surface area contributed by atoms with Crippen LogP contribution in [0.25, 0.3) is 0 Å². The lowest BCUT2D eigenvalue weighted by atomic mass is 9.95. The summed E-state index contributed by atoms with van der Waals surface area (Å²) in [7, 11) is 0. The number of thiophene rings is 1. The van der Waals surface area contributed by atoms with Crippen LogP contribution in [0.1, 0.15) is 23.6 Å². The first-order chi connectivity index (χ1) is 10.2. The van der Waals surface area contributed by atoms with Crippen molar-refractivity contribution in [2.24, 2.45) is 0 Å². The summed E-state index contributed by atoms with van der Waals surface area (Å²) in [6, 6.07) is 10.5. The standard InChI is InChI=1S/C17H20N2OS/c1-12(8-13-6-7-21-11-13)19-17(20)16-9-14-4-2-3-5-15(14)10-18-16/h2-7,11-12,16,18H,8-10H2,1H3,(H,19,20)/t12?,16-/m1/s1. The van der Waals surface area contributed by atoms with Crippen molar-refractivity contribution in [3.05, 3.63) is 57.8 Å². The maximum Gasteiger partial charge on any atom is 0.237 e. The molecule has 0 aliphatic carbocycles. The van der Waals surface area contributed by atoms with E-state index in [0.717, 1.165) is 19.4 Å². The minimum Gasteiger partial charge on any atom is -0.352 e. The van der Waals surface area contributed by atoms with Crippen LogP contribution in [0.15, 0.2) is 41.1 Å². The zero-order valence-corrected chi connectivity index (χ0v) is 13.0. The summed E-state index contributed by atoms with van der Waals surface area (Å²) in [6.45, 7) is 2.83. The Morgan fingerprint density at radius 3 is 2.95 bits per heavy atom. The molecule has 3 rings (SSSR count). The molecule has 0 spiro atoms. The van der Waals surface area contributed by atoms with E-state index in [2.05, 4.69) is 46.5 Å². The SMILES string of the molecule is CC(Cc1ccsc1)NC(=O)[C@H]1Cc2ccccc2CN1. The van der Waals surface area contributed by atoms with Gasteiger partial charge in [-0.25, -0.2) is 0 Å². The zero-order chi connectivity index (χ0) is 14.7. The van der Waals surface area contributed by atoms with Crippen LogP contribution < -0.4 is 10.6 Å². The Bertz CT molecular complexity index is 609. The Balaban J connectivity index is 1.56. The Morgan fingerprint density at radius 1 is 1.38 bits per heavy atom. The first kappa shape index (κ1) is 14.3. The molecule has 2 N–H and O–H groups in total. The first-order valence-corrected chi connectivity index (χ1v) is 8.28. The van der Waals surface area contributed by atoms with Crippen LogP contribution in [0.3, 0.4) is 0 Å². The predicted octanol–water partition coefficient (Wildman–Crippen LogP) is 2.51. The summed E-state index contributed by atoms with van der Waals surface area (Å²) < 4.78 is 0. The van der Waals surface area contributed by atoms with Crippen LogP contribution in [-0.2, 0) is 24.2 Å². The normalized spacial score (nSPS) is 18.8. The van der Waals surface area contributed by atoms with Crippen LogP contribution in [0, 0.1) is 0 Å². The van der Waals surface area contributed by atoms with Crippen molar-refractivity contribution in [2.45, 2.75) is 38.4 Å². The molecule has 0 fully saturated rings.